The van der Waals surface area contributed by atoms with Gasteiger partial charge in [-0.2, -0.15) is 0 Å². The zero-order valence-corrected chi connectivity index (χ0v) is 15.3. The molecule has 4 atom stereocenters. The van der Waals surface area contributed by atoms with Crippen molar-refractivity contribution in [2.45, 2.75) is 62.7 Å². The van der Waals surface area contributed by atoms with Crippen LogP contribution in [0.5, 0.6) is 11.5 Å². The maximum Gasteiger partial charge on any atom is 0.174 e. The third-order valence-electron chi connectivity index (χ3n) is 7.22. The summed E-state index contributed by atoms with van der Waals surface area (Å²) in [5.74, 6) is 0.493. The Kier molecular flexibility index (Phi) is 3.21. The zero-order chi connectivity index (χ0) is 18.3. The number of Topliss-reactive ketones (excluding diaryl/α,β-unsaturated/α-hetero) is 1. The molecule has 2 fully saturated rings. The van der Waals surface area contributed by atoms with Crippen LogP contribution in [0.1, 0.15) is 43.7 Å². The number of ether oxygens (including phenoxy) is 1. The maximum atomic E-state index is 12.8. The van der Waals surface area contributed by atoms with E-state index in [0.29, 0.717) is 25.0 Å². The van der Waals surface area contributed by atoms with E-state index in [1.165, 1.54) is 5.57 Å². The van der Waals surface area contributed by atoms with Crippen LogP contribution in [0.2, 0.25) is 0 Å². The van der Waals surface area contributed by atoms with Gasteiger partial charge in [-0.15, -0.1) is 0 Å². The summed E-state index contributed by atoms with van der Waals surface area (Å²) >= 11 is 0. The molecule has 0 radical (unpaired) electrons. The summed E-state index contributed by atoms with van der Waals surface area (Å²) < 4.78 is 6.05. The molecule has 2 heterocycles. The number of nitrogens with zero attached hydrogens (tertiary/aromatic N) is 1. The van der Waals surface area contributed by atoms with Gasteiger partial charge >= 0.3 is 0 Å². The second-order valence-corrected chi connectivity index (χ2v) is 8.43. The summed E-state index contributed by atoms with van der Waals surface area (Å²) in [4.78, 5) is 15.1. The molecule has 1 aromatic rings. The van der Waals surface area contributed by atoms with Crippen LogP contribution in [0, 0.1) is 6.92 Å². The first-order chi connectivity index (χ1) is 12.4. The van der Waals surface area contributed by atoms with E-state index in [-0.39, 0.29) is 17.6 Å². The van der Waals surface area contributed by atoms with Crippen LogP contribution in [0.3, 0.4) is 0 Å². The van der Waals surface area contributed by atoms with E-state index in [0.717, 1.165) is 30.6 Å². The molecule has 2 N–H and O–H groups in total. The Morgan fingerprint density at radius 1 is 1.35 bits per heavy atom. The number of allylic oxidation sites excluding steroid dienone is 1. The zero-order valence-electron chi connectivity index (χ0n) is 15.3. The van der Waals surface area contributed by atoms with Crippen LogP contribution < -0.4 is 4.74 Å². The Hall–Kier alpha value is -1.85. The number of rotatable bonds is 2. The molecule has 5 rings (SSSR count). The van der Waals surface area contributed by atoms with Crippen LogP contribution in [-0.2, 0) is 10.2 Å². The molecule has 1 saturated heterocycles. The van der Waals surface area contributed by atoms with Gasteiger partial charge in [-0.05, 0) is 51.3 Å². The van der Waals surface area contributed by atoms with E-state index >= 15 is 0 Å². The molecule has 5 heteroatoms. The van der Waals surface area contributed by atoms with Crippen molar-refractivity contribution >= 4 is 5.78 Å². The lowest BCUT2D eigenvalue weighted by molar-refractivity contribution is -0.180. The molecule has 2 aliphatic heterocycles. The third kappa shape index (κ3) is 1.85. The van der Waals surface area contributed by atoms with Gasteiger partial charge in [-0.1, -0.05) is 17.7 Å². The number of piperidine rings is 1. The molecule has 0 amide bonds. The molecule has 0 bridgehead atoms. The van der Waals surface area contributed by atoms with E-state index in [1.807, 2.05) is 13.0 Å². The number of phenols is 1. The first kappa shape index (κ1) is 16.3. The normalized spacial score (nSPS) is 38.1. The quantitative estimate of drug-likeness (QED) is 0.796. The fraction of sp³-hybridized carbons (Fsp3) is 0.571. The Bertz CT molecular complexity index is 847. The highest BCUT2D eigenvalue weighted by Crippen LogP contribution is 2.61. The number of likely N-dealkylation sites (tertiary alicyclic amines) is 1. The van der Waals surface area contributed by atoms with E-state index in [4.69, 9.17) is 4.74 Å². The standard InChI is InChI=1S/C21H25NO4/c1-12-3-6-15(23)18-17(12)20-9-10-22(11-14-4-5-14)13(2)21(20,25)8-7-16(24)19(20)26-18/h3-4,6,13,19,23,25H,5,7-11H2,1-2H3/t13-,19+,20+,21?/m1/s1. The van der Waals surface area contributed by atoms with Gasteiger partial charge in [0.1, 0.15) is 0 Å². The Labute approximate surface area is 153 Å². The fourth-order valence-electron chi connectivity index (χ4n) is 5.69. The van der Waals surface area contributed by atoms with Crippen LogP contribution in [-0.4, -0.2) is 51.7 Å². The second kappa shape index (κ2) is 5.11. The van der Waals surface area contributed by atoms with Crippen molar-refractivity contribution < 1.29 is 19.7 Å². The molecule has 5 nitrogen and oxygen atoms in total. The van der Waals surface area contributed by atoms with Crippen molar-refractivity contribution in [2.24, 2.45) is 0 Å². The number of aromatic hydroxyl groups is 1. The molecule has 0 aromatic heterocycles. The van der Waals surface area contributed by atoms with Crippen molar-refractivity contribution in [3.05, 3.63) is 34.9 Å². The van der Waals surface area contributed by atoms with Crippen LogP contribution >= 0.6 is 0 Å². The molecule has 26 heavy (non-hydrogen) atoms. The molecule has 1 saturated carbocycles. The molecule has 4 aliphatic rings. The van der Waals surface area contributed by atoms with Gasteiger partial charge in [0.25, 0.3) is 0 Å². The predicted octanol–water partition coefficient (Wildman–Crippen LogP) is 2.22. The van der Waals surface area contributed by atoms with E-state index < -0.39 is 17.1 Å². The highest BCUT2D eigenvalue weighted by Gasteiger charge is 2.70. The average Bonchev–Trinajstić information content (AvgIpc) is 3.35. The molecule has 1 aromatic carbocycles. The molecule has 1 spiro atoms. The lowest BCUT2D eigenvalue weighted by Crippen LogP contribution is -2.73. The number of ketones is 1. The largest absolute Gasteiger partial charge is 0.504 e. The lowest BCUT2D eigenvalue weighted by atomic mass is 9.52. The Morgan fingerprint density at radius 2 is 2.12 bits per heavy atom. The van der Waals surface area contributed by atoms with Gasteiger partial charge in [-0.25, -0.2) is 0 Å². The number of carbonyl (C=O) groups is 1. The minimum Gasteiger partial charge on any atom is -0.504 e. The van der Waals surface area contributed by atoms with Gasteiger partial charge in [0.2, 0.25) is 0 Å². The van der Waals surface area contributed by atoms with Crippen LogP contribution in [0.15, 0.2) is 23.8 Å². The van der Waals surface area contributed by atoms with Crippen molar-refractivity contribution in [1.82, 2.24) is 4.90 Å². The van der Waals surface area contributed by atoms with Crippen LogP contribution in [0.4, 0.5) is 0 Å². The molecular formula is C21H25NO4. The molecular weight excluding hydrogens is 330 g/mol. The third-order valence-corrected chi connectivity index (χ3v) is 7.22. The molecule has 1 unspecified atom stereocenters. The summed E-state index contributed by atoms with van der Waals surface area (Å²) in [7, 11) is 0. The molecule has 2 aliphatic carbocycles. The number of hydrogen-bond acceptors (Lipinski definition) is 5. The summed E-state index contributed by atoms with van der Waals surface area (Å²) in [5.41, 5.74) is 1.42. The number of fused-ring (bicyclic) bond motifs is 1. The highest BCUT2D eigenvalue weighted by molar-refractivity contribution is 5.89. The van der Waals surface area contributed by atoms with Crippen molar-refractivity contribution in [2.75, 3.05) is 13.1 Å². The number of aryl methyl sites for hydroxylation is 1. The van der Waals surface area contributed by atoms with Gasteiger partial charge < -0.3 is 14.9 Å². The van der Waals surface area contributed by atoms with E-state index in [9.17, 15) is 15.0 Å². The fourth-order valence-corrected chi connectivity index (χ4v) is 5.69. The average molecular weight is 355 g/mol. The topological polar surface area (TPSA) is 70.0 Å². The van der Waals surface area contributed by atoms with Gasteiger partial charge in [-0.3, -0.25) is 9.69 Å². The monoisotopic (exact) mass is 355 g/mol. The Morgan fingerprint density at radius 3 is 2.85 bits per heavy atom. The lowest BCUT2D eigenvalue weighted by Gasteiger charge is -2.59. The summed E-state index contributed by atoms with van der Waals surface area (Å²) in [6.45, 7) is 5.75. The van der Waals surface area contributed by atoms with Gasteiger partial charge in [0, 0.05) is 24.6 Å². The number of aliphatic hydroxyl groups is 1. The smallest absolute Gasteiger partial charge is 0.174 e. The number of carbonyl (C=O) groups excluding carboxylic acids is 1. The number of hydrogen-bond donors (Lipinski definition) is 2. The Balaban J connectivity index is 1.68. The van der Waals surface area contributed by atoms with Gasteiger partial charge in [0.15, 0.2) is 23.4 Å². The van der Waals surface area contributed by atoms with Crippen molar-refractivity contribution in [3.63, 3.8) is 0 Å². The van der Waals surface area contributed by atoms with Crippen molar-refractivity contribution in [1.29, 1.82) is 0 Å². The predicted molar refractivity (Wildman–Crippen MR) is 96.5 cm³/mol. The second-order valence-electron chi connectivity index (χ2n) is 8.43. The highest BCUT2D eigenvalue weighted by atomic mass is 16.5. The maximum absolute atomic E-state index is 12.8. The number of benzene rings is 1. The minimum absolute atomic E-state index is 0.0372. The first-order valence-electron chi connectivity index (χ1n) is 9.55. The van der Waals surface area contributed by atoms with E-state index in [1.54, 1.807) is 6.07 Å². The first-order valence-corrected chi connectivity index (χ1v) is 9.55. The SMILES string of the molecule is Cc1ccc(O)c2c1[C@]13CCN(CC4=CC4)[C@H](C)C1(O)CCC(=O)[C@@H]3O2. The summed E-state index contributed by atoms with van der Waals surface area (Å²) in [5, 5.41) is 22.4. The number of phenolic OH excluding ortho intramolecular Hbond substituents is 1. The van der Waals surface area contributed by atoms with Crippen molar-refractivity contribution in [3.8, 4) is 11.5 Å². The van der Waals surface area contributed by atoms with Crippen LogP contribution in [0.25, 0.3) is 0 Å². The summed E-state index contributed by atoms with van der Waals surface area (Å²) in [6, 6.07) is 3.40. The van der Waals surface area contributed by atoms with E-state index in [2.05, 4.69) is 17.9 Å². The summed E-state index contributed by atoms with van der Waals surface area (Å²) in [6.07, 6.45) is 4.02. The minimum atomic E-state index is -1.05. The molecule has 138 valence electrons. The van der Waals surface area contributed by atoms with Gasteiger partial charge in [0.05, 0.1) is 11.0 Å².